The molecule has 1 amide bonds. The molecule has 1 unspecified atom stereocenters. The van der Waals surface area contributed by atoms with Crippen LogP contribution in [0, 0.1) is 34.6 Å². The Morgan fingerprint density at radius 1 is 0.967 bits per heavy atom. The van der Waals surface area contributed by atoms with Gasteiger partial charge in [-0.1, -0.05) is 17.7 Å². The van der Waals surface area contributed by atoms with Gasteiger partial charge in [-0.25, -0.2) is 4.79 Å². The van der Waals surface area contributed by atoms with Gasteiger partial charge in [0.15, 0.2) is 6.54 Å². The van der Waals surface area contributed by atoms with Crippen molar-refractivity contribution in [3.05, 3.63) is 51.3 Å². The summed E-state index contributed by atoms with van der Waals surface area (Å²) in [6.45, 7) is 11.6. The number of amides is 1. The number of aromatic nitrogens is 1. The quantitative estimate of drug-likeness (QED) is 0.455. The standard InChI is InChI=1S/C23H31N3O4/c1-8-30-23(29)21-17(6)24-16(5)20(21)18(27)11-26(7)12-19(28)25-22-14(3)9-13(2)10-15(22)4/h9-10,24H,8,11-12H2,1-7H3,(H,25,28)/p+1. The van der Waals surface area contributed by atoms with Crippen molar-refractivity contribution in [3.8, 4) is 0 Å². The number of hydrogen-bond acceptors (Lipinski definition) is 4. The van der Waals surface area contributed by atoms with Gasteiger partial charge in [0.05, 0.1) is 24.8 Å². The normalized spacial score (nSPS) is 11.8. The van der Waals surface area contributed by atoms with Gasteiger partial charge in [0.25, 0.3) is 5.91 Å². The second-order valence-electron chi connectivity index (χ2n) is 7.90. The zero-order chi connectivity index (χ0) is 22.6. The molecule has 0 aliphatic carbocycles. The number of H-pyrrole nitrogens is 1. The number of benzene rings is 1. The molecule has 162 valence electrons. The van der Waals surface area contributed by atoms with E-state index < -0.39 is 5.97 Å². The second-order valence-corrected chi connectivity index (χ2v) is 7.90. The molecule has 0 fully saturated rings. The number of aryl methyl sites for hydroxylation is 5. The molecule has 30 heavy (non-hydrogen) atoms. The summed E-state index contributed by atoms with van der Waals surface area (Å²) >= 11 is 0. The molecule has 0 spiro atoms. The average molecular weight is 415 g/mol. The fourth-order valence-corrected chi connectivity index (χ4v) is 3.85. The van der Waals surface area contributed by atoms with Crippen LogP contribution in [0.2, 0.25) is 0 Å². The van der Waals surface area contributed by atoms with Gasteiger partial charge in [-0.05, 0) is 52.7 Å². The summed E-state index contributed by atoms with van der Waals surface area (Å²) in [7, 11) is 1.78. The molecule has 0 aliphatic heterocycles. The maximum atomic E-state index is 12.9. The van der Waals surface area contributed by atoms with Gasteiger partial charge in [-0.15, -0.1) is 0 Å². The Hall–Kier alpha value is -2.93. The van der Waals surface area contributed by atoms with Gasteiger partial charge in [-0.3, -0.25) is 9.59 Å². The Labute approximate surface area is 177 Å². The highest BCUT2D eigenvalue weighted by atomic mass is 16.5. The molecule has 0 radical (unpaired) electrons. The predicted molar refractivity (Wildman–Crippen MR) is 116 cm³/mol. The highest BCUT2D eigenvalue weighted by molar-refractivity contribution is 6.08. The third-order valence-electron chi connectivity index (χ3n) is 5.00. The number of ether oxygens (including phenoxy) is 1. The zero-order valence-electron chi connectivity index (χ0n) is 18.9. The van der Waals surface area contributed by atoms with Crippen molar-refractivity contribution < 1.29 is 24.0 Å². The molecule has 1 aromatic heterocycles. The lowest BCUT2D eigenvalue weighted by atomic mass is 10.0. The average Bonchev–Trinajstić information content (AvgIpc) is 2.92. The number of nitrogens with one attached hydrogen (secondary N) is 3. The Morgan fingerprint density at radius 3 is 2.10 bits per heavy atom. The number of rotatable bonds is 8. The van der Waals surface area contributed by atoms with Crippen molar-refractivity contribution >= 4 is 23.3 Å². The topological polar surface area (TPSA) is 92.7 Å². The Morgan fingerprint density at radius 2 is 1.53 bits per heavy atom. The smallest absolute Gasteiger partial charge is 0.340 e. The van der Waals surface area contributed by atoms with E-state index in [1.54, 1.807) is 27.8 Å². The zero-order valence-corrected chi connectivity index (χ0v) is 18.9. The molecule has 1 atom stereocenters. The molecule has 0 aliphatic rings. The Bertz CT molecular complexity index is 952. The lowest BCUT2D eigenvalue weighted by Crippen LogP contribution is -3.11. The molecule has 1 heterocycles. The van der Waals surface area contributed by atoms with E-state index in [0.717, 1.165) is 27.3 Å². The van der Waals surface area contributed by atoms with E-state index in [1.807, 2.05) is 32.9 Å². The summed E-state index contributed by atoms with van der Waals surface area (Å²) in [5.74, 6) is -0.876. The van der Waals surface area contributed by atoms with E-state index in [4.69, 9.17) is 4.74 Å². The van der Waals surface area contributed by atoms with Crippen LogP contribution in [0.15, 0.2) is 12.1 Å². The Kier molecular flexibility index (Phi) is 7.56. The van der Waals surface area contributed by atoms with Crippen LogP contribution in [0.1, 0.15) is 55.7 Å². The van der Waals surface area contributed by atoms with E-state index in [2.05, 4.69) is 10.3 Å². The van der Waals surface area contributed by atoms with E-state index in [-0.39, 0.29) is 37.0 Å². The van der Waals surface area contributed by atoms with Crippen molar-refractivity contribution in [1.82, 2.24) is 4.98 Å². The molecular formula is C23H32N3O4+. The lowest BCUT2D eigenvalue weighted by molar-refractivity contribution is -0.861. The maximum absolute atomic E-state index is 12.9. The number of carbonyl (C=O) groups is 3. The van der Waals surface area contributed by atoms with Gasteiger partial charge >= 0.3 is 5.97 Å². The predicted octanol–water partition coefficient (Wildman–Crippen LogP) is 2.07. The number of hydrogen-bond donors (Lipinski definition) is 3. The summed E-state index contributed by atoms with van der Waals surface area (Å²) in [5.41, 5.74) is 5.83. The van der Waals surface area contributed by atoms with Crippen LogP contribution < -0.4 is 10.2 Å². The van der Waals surface area contributed by atoms with Crippen molar-refractivity contribution in [1.29, 1.82) is 0 Å². The molecule has 0 bridgehead atoms. The second kappa shape index (κ2) is 9.71. The third-order valence-corrected chi connectivity index (χ3v) is 5.00. The van der Waals surface area contributed by atoms with E-state index in [0.29, 0.717) is 17.0 Å². The minimum Gasteiger partial charge on any atom is -0.462 e. The first-order valence-electron chi connectivity index (χ1n) is 10.1. The molecule has 2 aromatic rings. The number of anilines is 1. The van der Waals surface area contributed by atoms with Crippen molar-refractivity contribution in [2.45, 2.75) is 41.5 Å². The number of likely N-dealkylation sites (N-methyl/N-ethyl adjacent to an activating group) is 1. The van der Waals surface area contributed by atoms with Crippen molar-refractivity contribution in [2.75, 3.05) is 32.1 Å². The minimum atomic E-state index is -0.511. The summed E-state index contributed by atoms with van der Waals surface area (Å²) in [5, 5.41) is 2.96. The van der Waals surface area contributed by atoms with Crippen LogP contribution in [-0.4, -0.2) is 49.4 Å². The Balaban J connectivity index is 2.09. The maximum Gasteiger partial charge on any atom is 0.340 e. The van der Waals surface area contributed by atoms with E-state index >= 15 is 0 Å². The highest BCUT2D eigenvalue weighted by Gasteiger charge is 2.27. The number of ketones is 1. The molecular weight excluding hydrogens is 382 g/mol. The molecule has 7 nitrogen and oxygen atoms in total. The van der Waals surface area contributed by atoms with E-state index in [1.165, 1.54) is 0 Å². The van der Waals surface area contributed by atoms with Crippen LogP contribution in [0.25, 0.3) is 0 Å². The summed E-state index contributed by atoms with van der Waals surface area (Å²) in [4.78, 5) is 41.5. The molecule has 0 saturated carbocycles. The van der Waals surface area contributed by atoms with Crippen LogP contribution >= 0.6 is 0 Å². The largest absolute Gasteiger partial charge is 0.462 e. The van der Waals surface area contributed by atoms with Crippen LogP contribution in [0.4, 0.5) is 5.69 Å². The van der Waals surface area contributed by atoms with Gasteiger partial charge in [0, 0.05) is 17.1 Å². The lowest BCUT2D eigenvalue weighted by Gasteiger charge is -2.16. The monoisotopic (exact) mass is 414 g/mol. The van der Waals surface area contributed by atoms with E-state index in [9.17, 15) is 14.4 Å². The fraction of sp³-hybridized carbons (Fsp3) is 0.435. The van der Waals surface area contributed by atoms with Gasteiger partial charge in [-0.2, -0.15) is 0 Å². The van der Waals surface area contributed by atoms with Gasteiger partial charge < -0.3 is 19.9 Å². The highest BCUT2D eigenvalue weighted by Crippen LogP contribution is 2.22. The summed E-state index contributed by atoms with van der Waals surface area (Å²) < 4.78 is 5.10. The first kappa shape index (κ1) is 23.3. The van der Waals surface area contributed by atoms with Crippen molar-refractivity contribution in [2.24, 2.45) is 0 Å². The molecule has 3 N–H and O–H groups in total. The third kappa shape index (κ3) is 5.36. The minimum absolute atomic E-state index is 0.0871. The number of quaternary nitrogens is 1. The molecule has 0 saturated heterocycles. The number of carbonyl (C=O) groups excluding carboxylic acids is 3. The number of esters is 1. The molecule has 2 rings (SSSR count). The summed E-state index contributed by atoms with van der Waals surface area (Å²) in [6, 6.07) is 4.05. The van der Waals surface area contributed by atoms with Crippen molar-refractivity contribution in [3.63, 3.8) is 0 Å². The van der Waals surface area contributed by atoms with Gasteiger partial charge in [0.1, 0.15) is 6.54 Å². The van der Waals surface area contributed by atoms with Crippen LogP contribution in [0.3, 0.4) is 0 Å². The number of Topliss-reactive ketones (excluding diaryl/α,β-unsaturated/α-hetero) is 1. The SMILES string of the molecule is CCOC(=O)c1c(C)[nH]c(C)c1C(=O)C[NH+](C)CC(=O)Nc1c(C)cc(C)cc1C. The first-order chi connectivity index (χ1) is 14.0. The van der Waals surface area contributed by atoms with Crippen LogP contribution in [-0.2, 0) is 9.53 Å². The molecule has 7 heteroatoms. The van der Waals surface area contributed by atoms with Crippen LogP contribution in [0.5, 0.6) is 0 Å². The van der Waals surface area contributed by atoms with Gasteiger partial charge in [0.2, 0.25) is 5.78 Å². The first-order valence-corrected chi connectivity index (χ1v) is 10.1. The molecule has 1 aromatic carbocycles. The summed E-state index contributed by atoms with van der Waals surface area (Å²) in [6.07, 6.45) is 0. The fourth-order valence-electron chi connectivity index (χ4n) is 3.85. The number of aromatic amines is 1.